The molecule has 1 unspecified atom stereocenters. The van der Waals surface area contributed by atoms with Crippen molar-refractivity contribution in [2.75, 3.05) is 6.61 Å². The van der Waals surface area contributed by atoms with E-state index in [0.29, 0.717) is 18.8 Å². The summed E-state index contributed by atoms with van der Waals surface area (Å²) < 4.78 is 7.12. The minimum Gasteiger partial charge on any atom is -0.491 e. The number of benzene rings is 1. The molecule has 1 aromatic rings. The van der Waals surface area contributed by atoms with E-state index in [1.54, 1.807) is 6.92 Å². The van der Waals surface area contributed by atoms with Gasteiger partial charge in [-0.05, 0) is 56.5 Å². The first kappa shape index (κ1) is 14.0. The number of hydrogen-bond acceptors (Lipinski definition) is 3. The summed E-state index contributed by atoms with van der Waals surface area (Å²) in [4.78, 5) is 0. The Morgan fingerprint density at radius 3 is 2.31 bits per heavy atom. The molecule has 0 spiro atoms. The smallest absolute Gasteiger partial charge is 0.147 e. The van der Waals surface area contributed by atoms with Crippen LogP contribution in [0, 0.1) is 0 Å². The third-order valence-electron chi connectivity index (χ3n) is 2.02. The molecular weight excluding hydrogens is 340 g/mol. The molecule has 2 N–H and O–H groups in total. The first-order valence-electron chi connectivity index (χ1n) is 4.94. The van der Waals surface area contributed by atoms with Gasteiger partial charge in [-0.25, -0.2) is 0 Å². The van der Waals surface area contributed by atoms with Gasteiger partial charge in [0.1, 0.15) is 5.75 Å². The van der Waals surface area contributed by atoms with Gasteiger partial charge in [-0.1, -0.05) is 0 Å². The van der Waals surface area contributed by atoms with Gasteiger partial charge in [-0.15, -0.1) is 0 Å². The number of ether oxygens (including phenoxy) is 1. The van der Waals surface area contributed by atoms with E-state index in [1.807, 2.05) is 12.1 Å². The van der Waals surface area contributed by atoms with Crippen molar-refractivity contribution in [2.24, 2.45) is 0 Å². The van der Waals surface area contributed by atoms with Crippen molar-refractivity contribution in [1.29, 1.82) is 0 Å². The summed E-state index contributed by atoms with van der Waals surface area (Å²) in [6, 6.07) is 3.62. The van der Waals surface area contributed by atoms with Crippen LogP contribution in [0.5, 0.6) is 5.75 Å². The topological polar surface area (TPSA) is 49.7 Å². The van der Waals surface area contributed by atoms with Gasteiger partial charge in [0, 0.05) is 6.42 Å². The molecule has 1 rings (SSSR count). The lowest BCUT2D eigenvalue weighted by Crippen LogP contribution is -2.08. The number of hydrogen-bond donors (Lipinski definition) is 2. The average Bonchev–Trinajstić information content (AvgIpc) is 2.21. The van der Waals surface area contributed by atoms with Gasteiger partial charge in [0.05, 0.1) is 28.3 Å². The summed E-state index contributed by atoms with van der Waals surface area (Å²) in [5.74, 6) is 0.692. The van der Waals surface area contributed by atoms with Crippen LogP contribution >= 0.6 is 31.9 Å². The Morgan fingerprint density at radius 1 is 1.31 bits per heavy atom. The number of halogens is 2. The lowest BCUT2D eigenvalue weighted by molar-refractivity contribution is 0.155. The van der Waals surface area contributed by atoms with Crippen LogP contribution in [0.15, 0.2) is 21.1 Å². The number of rotatable bonds is 5. The number of aliphatic hydroxyl groups excluding tert-OH is 2. The zero-order valence-electron chi connectivity index (χ0n) is 8.91. The highest BCUT2D eigenvalue weighted by Gasteiger charge is 2.09. The molecule has 90 valence electrons. The van der Waals surface area contributed by atoms with Crippen LogP contribution in [-0.2, 0) is 6.61 Å². The van der Waals surface area contributed by atoms with Crippen molar-refractivity contribution in [3.8, 4) is 5.75 Å². The average molecular weight is 354 g/mol. The van der Waals surface area contributed by atoms with E-state index >= 15 is 0 Å². The SMILES string of the molecule is CC(O)CCOc1c(Br)cc(CO)cc1Br. The van der Waals surface area contributed by atoms with E-state index in [-0.39, 0.29) is 12.7 Å². The molecule has 16 heavy (non-hydrogen) atoms. The van der Waals surface area contributed by atoms with Crippen LogP contribution in [0.4, 0.5) is 0 Å². The maximum absolute atomic E-state index is 9.11. The second kappa shape index (κ2) is 6.59. The van der Waals surface area contributed by atoms with Crippen LogP contribution in [0.1, 0.15) is 18.9 Å². The molecule has 0 aliphatic rings. The summed E-state index contributed by atoms with van der Waals surface area (Å²) in [5, 5.41) is 18.1. The molecule has 0 radical (unpaired) electrons. The summed E-state index contributed by atoms with van der Waals surface area (Å²) in [6.45, 7) is 2.17. The fourth-order valence-corrected chi connectivity index (χ4v) is 2.68. The number of aliphatic hydroxyl groups is 2. The molecule has 1 aromatic carbocycles. The van der Waals surface area contributed by atoms with Gasteiger partial charge in [0.15, 0.2) is 0 Å². The van der Waals surface area contributed by atoms with Gasteiger partial charge in [-0.3, -0.25) is 0 Å². The first-order chi connectivity index (χ1) is 7.54. The molecule has 0 amide bonds. The van der Waals surface area contributed by atoms with Crippen molar-refractivity contribution < 1.29 is 14.9 Å². The molecular formula is C11H14Br2O3. The van der Waals surface area contributed by atoms with Gasteiger partial charge in [0.25, 0.3) is 0 Å². The molecule has 0 aliphatic carbocycles. The molecule has 0 heterocycles. The second-order valence-electron chi connectivity index (χ2n) is 3.53. The van der Waals surface area contributed by atoms with E-state index < -0.39 is 0 Å². The first-order valence-corrected chi connectivity index (χ1v) is 6.53. The fraction of sp³-hybridized carbons (Fsp3) is 0.455. The van der Waals surface area contributed by atoms with Crippen LogP contribution in [0.3, 0.4) is 0 Å². The van der Waals surface area contributed by atoms with E-state index in [0.717, 1.165) is 14.5 Å². The van der Waals surface area contributed by atoms with Gasteiger partial charge >= 0.3 is 0 Å². The molecule has 3 nitrogen and oxygen atoms in total. The fourth-order valence-electron chi connectivity index (χ4n) is 1.17. The van der Waals surface area contributed by atoms with Crippen molar-refractivity contribution in [3.63, 3.8) is 0 Å². The normalized spacial score (nSPS) is 12.6. The van der Waals surface area contributed by atoms with E-state index in [9.17, 15) is 0 Å². The van der Waals surface area contributed by atoms with Crippen molar-refractivity contribution in [3.05, 3.63) is 26.6 Å². The Bertz CT molecular complexity index is 330. The van der Waals surface area contributed by atoms with Crippen molar-refractivity contribution >= 4 is 31.9 Å². The molecule has 0 aromatic heterocycles. The van der Waals surface area contributed by atoms with Crippen molar-refractivity contribution in [1.82, 2.24) is 0 Å². The Morgan fingerprint density at radius 2 is 1.88 bits per heavy atom. The zero-order valence-corrected chi connectivity index (χ0v) is 12.1. The third kappa shape index (κ3) is 4.05. The van der Waals surface area contributed by atoms with Crippen LogP contribution in [0.2, 0.25) is 0 Å². The molecule has 0 bridgehead atoms. The van der Waals surface area contributed by atoms with Crippen molar-refractivity contribution in [2.45, 2.75) is 26.1 Å². The second-order valence-corrected chi connectivity index (χ2v) is 5.24. The highest BCUT2D eigenvalue weighted by molar-refractivity contribution is 9.11. The Labute approximate surface area is 112 Å². The summed E-state index contributed by atoms with van der Waals surface area (Å²) in [6.07, 6.45) is 0.218. The molecule has 0 saturated heterocycles. The van der Waals surface area contributed by atoms with Crippen LogP contribution in [-0.4, -0.2) is 22.9 Å². The molecule has 5 heteroatoms. The summed E-state index contributed by atoms with van der Waals surface area (Å²) in [7, 11) is 0. The summed E-state index contributed by atoms with van der Waals surface area (Å²) >= 11 is 6.75. The maximum Gasteiger partial charge on any atom is 0.147 e. The third-order valence-corrected chi connectivity index (χ3v) is 3.20. The van der Waals surface area contributed by atoms with Gasteiger partial charge < -0.3 is 14.9 Å². The quantitative estimate of drug-likeness (QED) is 0.855. The molecule has 0 aliphatic heterocycles. The maximum atomic E-state index is 9.11. The van der Waals surface area contributed by atoms with E-state index in [1.165, 1.54) is 0 Å². The van der Waals surface area contributed by atoms with Crippen LogP contribution < -0.4 is 4.74 Å². The van der Waals surface area contributed by atoms with E-state index in [4.69, 9.17) is 14.9 Å². The molecule has 0 fully saturated rings. The van der Waals surface area contributed by atoms with Gasteiger partial charge in [0.2, 0.25) is 0 Å². The lowest BCUT2D eigenvalue weighted by Gasteiger charge is -2.12. The standard InChI is InChI=1S/C11H14Br2O3/c1-7(15)2-3-16-11-9(12)4-8(6-14)5-10(11)13/h4-5,7,14-15H,2-3,6H2,1H3. The predicted molar refractivity (Wildman–Crippen MR) is 69.6 cm³/mol. The zero-order chi connectivity index (χ0) is 12.1. The Kier molecular flexibility index (Phi) is 5.75. The monoisotopic (exact) mass is 352 g/mol. The Hall–Kier alpha value is -0.100. The lowest BCUT2D eigenvalue weighted by atomic mass is 10.2. The minimum absolute atomic E-state index is 0.00878. The van der Waals surface area contributed by atoms with Crippen LogP contribution in [0.25, 0.3) is 0 Å². The highest BCUT2D eigenvalue weighted by Crippen LogP contribution is 2.34. The van der Waals surface area contributed by atoms with E-state index in [2.05, 4.69) is 31.9 Å². The molecule has 0 saturated carbocycles. The molecule has 1 atom stereocenters. The van der Waals surface area contributed by atoms with Gasteiger partial charge in [-0.2, -0.15) is 0 Å². The predicted octanol–water partition coefficient (Wildman–Crippen LogP) is 2.85. The largest absolute Gasteiger partial charge is 0.491 e. The highest BCUT2D eigenvalue weighted by atomic mass is 79.9. The summed E-state index contributed by atoms with van der Waals surface area (Å²) in [5.41, 5.74) is 0.807. The minimum atomic E-state index is -0.366. The Balaban J connectivity index is 2.72.